The number of hydrogen-bond acceptors (Lipinski definition) is 4. The van der Waals surface area contributed by atoms with E-state index in [0.29, 0.717) is 12.0 Å². The molecule has 0 fully saturated rings. The van der Waals surface area contributed by atoms with Crippen molar-refractivity contribution in [1.82, 2.24) is 10.3 Å². The largest absolute Gasteiger partial charge is 0.433 e. The summed E-state index contributed by atoms with van der Waals surface area (Å²) in [6.45, 7) is 1.45. The Hall–Kier alpha value is -3.80. The molecule has 38 heavy (non-hydrogen) atoms. The first-order chi connectivity index (χ1) is 17.7. The molecule has 0 saturated heterocycles. The summed E-state index contributed by atoms with van der Waals surface area (Å²) >= 11 is 0. The predicted molar refractivity (Wildman–Crippen MR) is 134 cm³/mol. The highest BCUT2D eigenvalue weighted by atomic mass is 32.2. The lowest BCUT2D eigenvalue weighted by atomic mass is 10.0. The maximum atomic E-state index is 14.3. The van der Waals surface area contributed by atoms with E-state index in [4.69, 9.17) is 0 Å². The van der Waals surface area contributed by atoms with Crippen molar-refractivity contribution in [1.29, 1.82) is 0 Å². The second kappa shape index (κ2) is 11.7. The average Bonchev–Trinajstić information content (AvgIpc) is 2.83. The van der Waals surface area contributed by atoms with Crippen LogP contribution in [0, 0.1) is 11.6 Å². The van der Waals surface area contributed by atoms with Gasteiger partial charge in [-0.1, -0.05) is 36.4 Å². The molecule has 1 aromatic heterocycles. The summed E-state index contributed by atoms with van der Waals surface area (Å²) in [5, 5.41) is 2.50. The molecule has 0 spiro atoms. The van der Waals surface area contributed by atoms with E-state index < -0.39 is 51.2 Å². The number of carbonyl (C=O) groups is 1. The molecule has 0 bridgehead atoms. The number of aryl methyl sites for hydroxylation is 2. The molecule has 0 saturated carbocycles. The Morgan fingerprint density at radius 3 is 2.24 bits per heavy atom. The number of sulfonamides is 1. The number of carbonyl (C=O) groups excluding carboxylic acids is 1. The number of pyridine rings is 1. The molecule has 0 aliphatic rings. The summed E-state index contributed by atoms with van der Waals surface area (Å²) in [6.07, 6.45) is -0.866. The fourth-order valence-corrected chi connectivity index (χ4v) is 4.13. The molecule has 0 aliphatic carbocycles. The molecular weight excluding hydrogens is 529 g/mol. The lowest BCUT2D eigenvalue weighted by molar-refractivity contribution is -0.141. The lowest BCUT2D eigenvalue weighted by Gasteiger charge is -2.15. The molecule has 3 rings (SSSR count). The third kappa shape index (κ3) is 8.10. The number of alkyl halides is 3. The summed E-state index contributed by atoms with van der Waals surface area (Å²) in [7, 11) is -3.92. The van der Waals surface area contributed by atoms with Crippen LogP contribution in [0.3, 0.4) is 0 Å². The Balaban J connectivity index is 1.76. The van der Waals surface area contributed by atoms with Gasteiger partial charge in [0.25, 0.3) is 0 Å². The number of amides is 1. The van der Waals surface area contributed by atoms with Gasteiger partial charge in [-0.25, -0.2) is 22.2 Å². The molecule has 1 heterocycles. The van der Waals surface area contributed by atoms with Crippen molar-refractivity contribution in [3.05, 3.63) is 100 Å². The highest BCUT2D eigenvalue weighted by Crippen LogP contribution is 2.29. The Labute approximate surface area is 216 Å². The van der Waals surface area contributed by atoms with Crippen LogP contribution in [-0.2, 0) is 33.8 Å². The second-order valence-corrected chi connectivity index (χ2v) is 10.3. The number of hydrogen-bond donors (Lipinski definition) is 2. The van der Waals surface area contributed by atoms with Crippen LogP contribution in [0.15, 0.2) is 60.7 Å². The van der Waals surface area contributed by atoms with Gasteiger partial charge in [-0.2, -0.15) is 13.2 Å². The Morgan fingerprint density at radius 1 is 1.03 bits per heavy atom. The van der Waals surface area contributed by atoms with Gasteiger partial charge in [0, 0.05) is 11.8 Å². The minimum atomic E-state index is -4.63. The molecule has 1 atom stereocenters. The SMILES string of the molecule is C[C@@H](NC(=O)C=Cc1ccc(C(F)(F)F)nc1CCc1ccccc1)c1cc(F)c(NS(C)(=O)=O)c(F)c1. The van der Waals surface area contributed by atoms with E-state index in [2.05, 4.69) is 10.3 Å². The van der Waals surface area contributed by atoms with E-state index in [0.717, 1.165) is 36.1 Å². The first-order valence-corrected chi connectivity index (χ1v) is 13.2. The molecule has 2 aromatic carbocycles. The molecule has 2 N–H and O–H groups in total. The van der Waals surface area contributed by atoms with E-state index in [-0.39, 0.29) is 17.7 Å². The van der Waals surface area contributed by atoms with Crippen molar-refractivity contribution >= 4 is 27.7 Å². The van der Waals surface area contributed by atoms with Crippen molar-refractivity contribution in [2.75, 3.05) is 11.0 Å². The van der Waals surface area contributed by atoms with Gasteiger partial charge < -0.3 is 5.32 Å². The summed E-state index contributed by atoms with van der Waals surface area (Å²) in [5.74, 6) is -3.01. The van der Waals surface area contributed by atoms with Crippen LogP contribution in [0.2, 0.25) is 0 Å². The average molecular weight is 554 g/mol. The number of nitrogens with one attached hydrogen (secondary N) is 2. The maximum absolute atomic E-state index is 14.3. The van der Waals surface area contributed by atoms with E-state index >= 15 is 0 Å². The second-order valence-electron chi connectivity index (χ2n) is 8.51. The van der Waals surface area contributed by atoms with Crippen molar-refractivity contribution < 1.29 is 35.2 Å². The Morgan fingerprint density at radius 2 is 1.66 bits per heavy atom. The van der Waals surface area contributed by atoms with Gasteiger partial charge in [-0.3, -0.25) is 9.52 Å². The number of aromatic nitrogens is 1. The third-order valence-corrected chi connectivity index (χ3v) is 5.99. The summed E-state index contributed by atoms with van der Waals surface area (Å²) in [6, 6.07) is 12.1. The molecular formula is C26H24F5N3O3S. The molecule has 0 aliphatic heterocycles. The number of nitrogens with zero attached hydrogens (tertiary/aromatic N) is 1. The molecule has 0 radical (unpaired) electrons. The Kier molecular flexibility index (Phi) is 8.87. The summed E-state index contributed by atoms with van der Waals surface area (Å²) in [5.41, 5.74) is -0.490. The van der Waals surface area contributed by atoms with Crippen LogP contribution in [0.25, 0.3) is 6.08 Å². The van der Waals surface area contributed by atoms with E-state index in [9.17, 15) is 35.2 Å². The van der Waals surface area contributed by atoms with Crippen molar-refractivity contribution in [3.63, 3.8) is 0 Å². The third-order valence-electron chi connectivity index (χ3n) is 5.42. The topological polar surface area (TPSA) is 88.2 Å². The quantitative estimate of drug-likeness (QED) is 0.274. The van der Waals surface area contributed by atoms with Crippen LogP contribution < -0.4 is 10.0 Å². The summed E-state index contributed by atoms with van der Waals surface area (Å²) in [4.78, 5) is 16.2. The van der Waals surface area contributed by atoms with Crippen molar-refractivity contribution in [2.24, 2.45) is 0 Å². The normalized spacial score (nSPS) is 12.9. The smallest absolute Gasteiger partial charge is 0.346 e. The van der Waals surface area contributed by atoms with Crippen LogP contribution in [-0.4, -0.2) is 25.6 Å². The lowest BCUT2D eigenvalue weighted by Crippen LogP contribution is -2.25. The van der Waals surface area contributed by atoms with Gasteiger partial charge >= 0.3 is 6.18 Å². The highest BCUT2D eigenvalue weighted by molar-refractivity contribution is 7.92. The molecule has 202 valence electrons. The fraction of sp³-hybridized carbons (Fsp3) is 0.231. The van der Waals surface area contributed by atoms with Gasteiger partial charge in [0.15, 0.2) is 11.6 Å². The molecule has 0 unspecified atom stereocenters. The predicted octanol–water partition coefficient (Wildman–Crippen LogP) is 5.43. The molecule has 3 aromatic rings. The number of rotatable bonds is 9. The van der Waals surface area contributed by atoms with Gasteiger partial charge in [0.05, 0.1) is 12.3 Å². The standard InChI is InChI=1S/C26H24F5N3O3S/c1-16(19-14-20(27)25(21(28)15-19)34-38(2,36)37)32-24(35)13-10-18-9-12-23(26(29,30)31)33-22(18)11-8-17-6-4-3-5-7-17/h3-7,9-10,12-16,34H,8,11H2,1-2H3,(H,32,35)/t16-/m1/s1. The van der Waals surface area contributed by atoms with Gasteiger partial charge in [0.1, 0.15) is 11.4 Å². The van der Waals surface area contributed by atoms with Gasteiger partial charge in [-0.15, -0.1) is 0 Å². The van der Waals surface area contributed by atoms with Gasteiger partial charge in [-0.05, 0) is 60.7 Å². The Bertz CT molecular complexity index is 1420. The van der Waals surface area contributed by atoms with Crippen molar-refractivity contribution in [2.45, 2.75) is 32.0 Å². The number of halogens is 5. The van der Waals surface area contributed by atoms with Crippen LogP contribution in [0.1, 0.15) is 41.0 Å². The van der Waals surface area contributed by atoms with E-state index in [1.54, 1.807) is 4.72 Å². The van der Waals surface area contributed by atoms with Crippen LogP contribution >= 0.6 is 0 Å². The zero-order valence-electron chi connectivity index (χ0n) is 20.3. The van der Waals surface area contributed by atoms with Crippen molar-refractivity contribution in [3.8, 4) is 0 Å². The zero-order valence-corrected chi connectivity index (χ0v) is 21.1. The number of benzene rings is 2. The minimum Gasteiger partial charge on any atom is -0.346 e. The monoisotopic (exact) mass is 553 g/mol. The first-order valence-electron chi connectivity index (χ1n) is 11.3. The first kappa shape index (κ1) is 28.8. The molecule has 6 nitrogen and oxygen atoms in total. The van der Waals surface area contributed by atoms with Crippen LogP contribution in [0.5, 0.6) is 0 Å². The minimum absolute atomic E-state index is 0.0283. The van der Waals surface area contributed by atoms with E-state index in [1.807, 2.05) is 30.3 Å². The number of anilines is 1. The maximum Gasteiger partial charge on any atom is 0.433 e. The molecule has 1 amide bonds. The molecule has 12 heteroatoms. The van der Waals surface area contributed by atoms with Gasteiger partial charge in [0.2, 0.25) is 15.9 Å². The van der Waals surface area contributed by atoms with Crippen LogP contribution in [0.4, 0.5) is 27.6 Å². The summed E-state index contributed by atoms with van der Waals surface area (Å²) < 4.78 is 92.5. The highest BCUT2D eigenvalue weighted by Gasteiger charge is 2.32. The zero-order chi connectivity index (χ0) is 28.1. The fourth-order valence-electron chi connectivity index (χ4n) is 3.57. The van der Waals surface area contributed by atoms with E-state index in [1.165, 1.54) is 19.1 Å².